The molecule has 0 aromatic carbocycles. The Hall–Kier alpha value is -1.09. The lowest BCUT2D eigenvalue weighted by molar-refractivity contribution is 0.184. The predicted molar refractivity (Wildman–Crippen MR) is 65.8 cm³/mol. The third-order valence-corrected chi connectivity index (χ3v) is 3.84. The van der Waals surface area contributed by atoms with Gasteiger partial charge in [-0.1, -0.05) is 6.07 Å². The fraction of sp³-hybridized carbons (Fsp3) is 0.615. The van der Waals surface area contributed by atoms with Gasteiger partial charge in [0.15, 0.2) is 0 Å². The Kier molecular flexibility index (Phi) is 2.36. The summed E-state index contributed by atoms with van der Waals surface area (Å²) in [6, 6.07) is 5.59. The quantitative estimate of drug-likeness (QED) is 0.711. The summed E-state index contributed by atoms with van der Waals surface area (Å²) in [5, 5.41) is 0. The van der Waals surface area contributed by atoms with E-state index in [9.17, 15) is 0 Å². The molecule has 1 aromatic rings. The van der Waals surface area contributed by atoms with Crippen LogP contribution < -0.4 is 4.90 Å². The monoisotopic (exact) mass is 217 g/mol. The summed E-state index contributed by atoms with van der Waals surface area (Å²) in [7, 11) is 0. The highest BCUT2D eigenvalue weighted by atomic mass is 15.3. The molecule has 0 aliphatic carbocycles. The molecule has 3 heterocycles. The van der Waals surface area contributed by atoms with Crippen molar-refractivity contribution in [2.75, 3.05) is 24.5 Å². The van der Waals surface area contributed by atoms with E-state index in [0.29, 0.717) is 12.1 Å². The van der Waals surface area contributed by atoms with Gasteiger partial charge in [-0.25, -0.2) is 4.98 Å². The molecule has 0 spiro atoms. The number of hydrogen-bond acceptors (Lipinski definition) is 3. The maximum Gasteiger partial charge on any atom is 0.132 e. The Bertz CT molecular complexity index is 389. The van der Waals surface area contributed by atoms with Crippen molar-refractivity contribution in [1.82, 2.24) is 9.88 Å². The summed E-state index contributed by atoms with van der Waals surface area (Å²) in [6.45, 7) is 8.07. The second-order valence-corrected chi connectivity index (χ2v) is 5.13. The van der Waals surface area contributed by atoms with E-state index in [1.165, 1.54) is 30.9 Å². The topological polar surface area (TPSA) is 19.4 Å². The lowest BCUT2D eigenvalue weighted by atomic mass is 10.1. The summed E-state index contributed by atoms with van der Waals surface area (Å²) in [5.74, 6) is 1.23. The zero-order chi connectivity index (χ0) is 11.1. The minimum atomic E-state index is 0.654. The van der Waals surface area contributed by atoms with Gasteiger partial charge < -0.3 is 4.90 Å². The first-order chi connectivity index (χ1) is 7.75. The van der Waals surface area contributed by atoms with Gasteiger partial charge in [0.25, 0.3) is 0 Å². The SMILES string of the molecule is CC(C)N1CCN2c3ncccc3C[C@H]2C1. The summed E-state index contributed by atoms with van der Waals surface area (Å²) < 4.78 is 0. The Labute approximate surface area is 97.1 Å². The Morgan fingerprint density at radius 2 is 2.25 bits per heavy atom. The molecule has 0 N–H and O–H groups in total. The second-order valence-electron chi connectivity index (χ2n) is 5.13. The van der Waals surface area contributed by atoms with Crippen LogP contribution in [0.5, 0.6) is 0 Å². The van der Waals surface area contributed by atoms with Crippen LogP contribution in [0, 0.1) is 0 Å². The maximum absolute atomic E-state index is 4.52. The molecule has 0 radical (unpaired) electrons. The molecule has 0 amide bonds. The summed E-state index contributed by atoms with van der Waals surface area (Å²) >= 11 is 0. The van der Waals surface area contributed by atoms with Crippen LogP contribution >= 0.6 is 0 Å². The fourth-order valence-corrected chi connectivity index (χ4v) is 2.90. The van der Waals surface area contributed by atoms with E-state index in [2.05, 4.69) is 40.8 Å². The third-order valence-electron chi connectivity index (χ3n) is 3.84. The van der Waals surface area contributed by atoms with E-state index in [4.69, 9.17) is 0 Å². The second kappa shape index (κ2) is 3.74. The lowest BCUT2D eigenvalue weighted by Gasteiger charge is -2.40. The van der Waals surface area contributed by atoms with E-state index < -0.39 is 0 Å². The van der Waals surface area contributed by atoms with Crippen LogP contribution in [0.15, 0.2) is 18.3 Å². The number of aromatic nitrogens is 1. The van der Waals surface area contributed by atoms with Gasteiger partial charge in [0.2, 0.25) is 0 Å². The van der Waals surface area contributed by atoms with Crippen LogP contribution in [0.2, 0.25) is 0 Å². The zero-order valence-electron chi connectivity index (χ0n) is 10.1. The minimum Gasteiger partial charge on any atom is -0.350 e. The normalized spacial score (nSPS) is 24.7. The van der Waals surface area contributed by atoms with Crippen molar-refractivity contribution in [3.05, 3.63) is 23.9 Å². The standard InChI is InChI=1S/C13H19N3/c1-10(2)15-6-7-16-12(9-15)8-11-4-3-5-14-13(11)16/h3-5,10,12H,6-9H2,1-2H3/t12-/m0/s1. The highest BCUT2D eigenvalue weighted by molar-refractivity contribution is 5.54. The van der Waals surface area contributed by atoms with E-state index in [0.717, 1.165) is 6.54 Å². The molecule has 1 saturated heterocycles. The van der Waals surface area contributed by atoms with Crippen LogP contribution in [0.1, 0.15) is 19.4 Å². The van der Waals surface area contributed by atoms with Crippen LogP contribution in [-0.2, 0) is 6.42 Å². The number of nitrogens with zero attached hydrogens (tertiary/aromatic N) is 3. The van der Waals surface area contributed by atoms with Gasteiger partial charge in [-0.15, -0.1) is 0 Å². The largest absolute Gasteiger partial charge is 0.350 e. The molecular formula is C13H19N3. The predicted octanol–water partition coefficient (Wildman–Crippen LogP) is 1.54. The van der Waals surface area contributed by atoms with Gasteiger partial charge >= 0.3 is 0 Å². The van der Waals surface area contributed by atoms with Crippen molar-refractivity contribution in [3.63, 3.8) is 0 Å². The molecular weight excluding hydrogens is 198 g/mol. The van der Waals surface area contributed by atoms with Crippen molar-refractivity contribution in [2.45, 2.75) is 32.4 Å². The van der Waals surface area contributed by atoms with E-state index in [1.54, 1.807) is 0 Å². The highest BCUT2D eigenvalue weighted by Crippen LogP contribution is 2.32. The lowest BCUT2D eigenvalue weighted by Crippen LogP contribution is -2.53. The van der Waals surface area contributed by atoms with Gasteiger partial charge in [0.05, 0.1) is 0 Å². The van der Waals surface area contributed by atoms with Gasteiger partial charge in [-0.05, 0) is 31.9 Å². The highest BCUT2D eigenvalue weighted by Gasteiger charge is 2.35. The molecule has 3 heteroatoms. The average Bonchev–Trinajstić information content (AvgIpc) is 2.66. The third kappa shape index (κ3) is 1.50. The summed E-state index contributed by atoms with van der Waals surface area (Å²) in [5.41, 5.74) is 1.43. The van der Waals surface area contributed by atoms with E-state index in [1.807, 2.05) is 6.20 Å². The van der Waals surface area contributed by atoms with Crippen molar-refractivity contribution in [2.24, 2.45) is 0 Å². The first-order valence-corrected chi connectivity index (χ1v) is 6.20. The van der Waals surface area contributed by atoms with Crippen LogP contribution in [-0.4, -0.2) is 41.6 Å². The first kappa shape index (κ1) is 10.1. The Balaban J connectivity index is 1.82. The molecule has 3 rings (SSSR count). The van der Waals surface area contributed by atoms with Gasteiger partial charge in [0, 0.05) is 37.9 Å². The zero-order valence-corrected chi connectivity index (χ0v) is 10.1. The molecule has 1 fully saturated rings. The molecule has 0 bridgehead atoms. The van der Waals surface area contributed by atoms with Crippen molar-refractivity contribution in [3.8, 4) is 0 Å². The van der Waals surface area contributed by atoms with Gasteiger partial charge in [-0.3, -0.25) is 4.90 Å². The maximum atomic E-state index is 4.52. The van der Waals surface area contributed by atoms with Gasteiger partial charge in [-0.2, -0.15) is 0 Å². The van der Waals surface area contributed by atoms with Crippen molar-refractivity contribution >= 4 is 5.82 Å². The number of anilines is 1. The van der Waals surface area contributed by atoms with Crippen molar-refractivity contribution in [1.29, 1.82) is 0 Å². The molecule has 3 nitrogen and oxygen atoms in total. The first-order valence-electron chi connectivity index (χ1n) is 6.20. The van der Waals surface area contributed by atoms with Crippen molar-refractivity contribution < 1.29 is 0 Å². The summed E-state index contributed by atoms with van der Waals surface area (Å²) in [4.78, 5) is 9.59. The smallest absolute Gasteiger partial charge is 0.132 e. The van der Waals surface area contributed by atoms with Crippen LogP contribution in [0.3, 0.4) is 0 Å². The van der Waals surface area contributed by atoms with E-state index in [-0.39, 0.29) is 0 Å². The number of hydrogen-bond donors (Lipinski definition) is 0. The number of piperazine rings is 1. The molecule has 0 saturated carbocycles. The molecule has 1 atom stereocenters. The Morgan fingerprint density at radius 1 is 1.38 bits per heavy atom. The molecule has 0 unspecified atom stereocenters. The number of fused-ring (bicyclic) bond motifs is 3. The summed E-state index contributed by atoms with van der Waals surface area (Å²) in [6.07, 6.45) is 3.09. The molecule has 2 aliphatic heterocycles. The van der Waals surface area contributed by atoms with Crippen LogP contribution in [0.25, 0.3) is 0 Å². The number of pyridine rings is 1. The molecule has 16 heavy (non-hydrogen) atoms. The average molecular weight is 217 g/mol. The fourth-order valence-electron chi connectivity index (χ4n) is 2.90. The molecule has 86 valence electrons. The van der Waals surface area contributed by atoms with Gasteiger partial charge in [0.1, 0.15) is 5.82 Å². The Morgan fingerprint density at radius 3 is 3.06 bits per heavy atom. The minimum absolute atomic E-state index is 0.654. The molecule has 1 aromatic heterocycles. The van der Waals surface area contributed by atoms with Crippen LogP contribution in [0.4, 0.5) is 5.82 Å². The van der Waals surface area contributed by atoms with E-state index >= 15 is 0 Å². The number of rotatable bonds is 1. The molecule has 2 aliphatic rings.